The molecule has 22 heavy (non-hydrogen) atoms. The summed E-state index contributed by atoms with van der Waals surface area (Å²) in [7, 11) is 0. The summed E-state index contributed by atoms with van der Waals surface area (Å²) in [6.07, 6.45) is -4.67. The lowest BCUT2D eigenvalue weighted by molar-refractivity contribution is -0.274. The zero-order valence-electron chi connectivity index (χ0n) is 11.8. The molecule has 0 radical (unpaired) electrons. The topological polar surface area (TPSA) is 59.6 Å². The average Bonchev–Trinajstić information content (AvgIpc) is 2.48. The number of ether oxygens (including phenoxy) is 2. The van der Waals surface area contributed by atoms with E-state index in [4.69, 9.17) is 4.74 Å². The van der Waals surface area contributed by atoms with Crippen molar-refractivity contribution in [3.8, 4) is 5.75 Å². The van der Waals surface area contributed by atoms with Crippen LogP contribution in [0.25, 0.3) is 0 Å². The molecular weight excluding hydrogens is 301 g/mol. The first kappa shape index (κ1) is 16.6. The second-order valence-corrected chi connectivity index (χ2v) is 4.80. The number of morpholine rings is 1. The summed E-state index contributed by atoms with van der Waals surface area (Å²) in [6.45, 7) is 2.10. The first-order valence-corrected chi connectivity index (χ1v) is 6.89. The third-order valence-electron chi connectivity index (χ3n) is 3.09. The molecule has 1 aliphatic heterocycles. The number of nitrogens with one attached hydrogen (secondary N) is 2. The summed E-state index contributed by atoms with van der Waals surface area (Å²) in [5, 5.41) is 5.80. The molecule has 1 amide bonds. The predicted octanol–water partition coefficient (Wildman–Crippen LogP) is 1.23. The van der Waals surface area contributed by atoms with Crippen LogP contribution in [0.3, 0.4) is 0 Å². The van der Waals surface area contributed by atoms with E-state index in [0.29, 0.717) is 26.1 Å². The summed E-state index contributed by atoms with van der Waals surface area (Å²) >= 11 is 0. The van der Waals surface area contributed by atoms with E-state index in [2.05, 4.69) is 15.4 Å². The highest BCUT2D eigenvalue weighted by Crippen LogP contribution is 2.22. The van der Waals surface area contributed by atoms with Gasteiger partial charge in [-0.25, -0.2) is 0 Å². The van der Waals surface area contributed by atoms with Crippen LogP contribution in [0.4, 0.5) is 13.2 Å². The van der Waals surface area contributed by atoms with E-state index in [1.54, 1.807) is 0 Å². The zero-order chi connectivity index (χ0) is 16.0. The molecule has 1 saturated heterocycles. The molecule has 2 N–H and O–H groups in total. The van der Waals surface area contributed by atoms with E-state index < -0.39 is 12.5 Å². The number of rotatable bonds is 5. The minimum Gasteiger partial charge on any atom is -0.406 e. The second-order valence-electron chi connectivity index (χ2n) is 4.80. The van der Waals surface area contributed by atoms with Crippen molar-refractivity contribution in [1.29, 1.82) is 0 Å². The third kappa shape index (κ3) is 5.53. The first-order chi connectivity index (χ1) is 10.4. The standard InChI is InChI=1S/C14H17F3N2O3/c15-14(16,17)22-11-3-1-10(2-4-11)5-6-19-13(20)12-9-18-7-8-21-12/h1-4,12,18H,5-9H2,(H,19,20). The van der Waals surface area contributed by atoms with Crippen molar-refractivity contribution in [3.05, 3.63) is 29.8 Å². The van der Waals surface area contributed by atoms with E-state index in [9.17, 15) is 18.0 Å². The van der Waals surface area contributed by atoms with Gasteiger partial charge < -0.3 is 20.1 Å². The van der Waals surface area contributed by atoms with Crippen LogP contribution in [0.1, 0.15) is 5.56 Å². The van der Waals surface area contributed by atoms with Crippen molar-refractivity contribution < 1.29 is 27.4 Å². The fraction of sp³-hybridized carbons (Fsp3) is 0.500. The fourth-order valence-corrected chi connectivity index (χ4v) is 2.04. The van der Waals surface area contributed by atoms with E-state index in [1.165, 1.54) is 24.3 Å². The van der Waals surface area contributed by atoms with Gasteiger partial charge in [-0.1, -0.05) is 12.1 Å². The Bertz CT molecular complexity index is 485. The van der Waals surface area contributed by atoms with E-state index in [0.717, 1.165) is 12.1 Å². The molecule has 0 saturated carbocycles. The maximum absolute atomic E-state index is 12.0. The highest BCUT2D eigenvalue weighted by atomic mass is 19.4. The molecule has 122 valence electrons. The molecule has 1 fully saturated rings. The van der Waals surface area contributed by atoms with Crippen LogP contribution in [0, 0.1) is 0 Å². The molecule has 1 aliphatic rings. The number of carbonyl (C=O) groups is 1. The number of hydrogen-bond acceptors (Lipinski definition) is 4. The number of hydrogen-bond donors (Lipinski definition) is 2. The third-order valence-corrected chi connectivity index (χ3v) is 3.09. The van der Waals surface area contributed by atoms with E-state index in [-0.39, 0.29) is 11.7 Å². The molecule has 0 aromatic heterocycles. The minimum atomic E-state index is -4.69. The molecule has 1 unspecified atom stereocenters. The van der Waals surface area contributed by atoms with Crippen molar-refractivity contribution >= 4 is 5.91 Å². The van der Waals surface area contributed by atoms with Gasteiger partial charge in [0.2, 0.25) is 5.91 Å². The summed E-state index contributed by atoms with van der Waals surface area (Å²) in [5.74, 6) is -0.453. The normalized spacial score (nSPS) is 18.8. The lowest BCUT2D eigenvalue weighted by Crippen LogP contribution is -2.48. The molecule has 1 atom stereocenters. The Balaban J connectivity index is 1.73. The number of carbonyl (C=O) groups excluding carboxylic acids is 1. The van der Waals surface area contributed by atoms with Crippen LogP contribution < -0.4 is 15.4 Å². The van der Waals surface area contributed by atoms with Gasteiger partial charge in [-0.15, -0.1) is 13.2 Å². The number of alkyl halides is 3. The van der Waals surface area contributed by atoms with Gasteiger partial charge >= 0.3 is 6.36 Å². The van der Waals surface area contributed by atoms with Gasteiger partial charge in [-0.2, -0.15) is 0 Å². The van der Waals surface area contributed by atoms with Crippen LogP contribution in [-0.4, -0.2) is 44.6 Å². The maximum Gasteiger partial charge on any atom is 0.573 e. The van der Waals surface area contributed by atoms with Crippen LogP contribution in [0.5, 0.6) is 5.75 Å². The predicted molar refractivity (Wildman–Crippen MR) is 72.4 cm³/mol. The van der Waals surface area contributed by atoms with Gasteiger partial charge in [0.15, 0.2) is 0 Å². The molecule has 0 aliphatic carbocycles. The van der Waals surface area contributed by atoms with Gasteiger partial charge in [0.05, 0.1) is 6.61 Å². The lowest BCUT2D eigenvalue weighted by Gasteiger charge is -2.22. The Morgan fingerprint density at radius 3 is 2.68 bits per heavy atom. The highest BCUT2D eigenvalue weighted by Gasteiger charge is 2.30. The second kappa shape index (κ2) is 7.46. The Morgan fingerprint density at radius 2 is 2.09 bits per heavy atom. The molecule has 0 bridgehead atoms. The number of benzene rings is 1. The lowest BCUT2D eigenvalue weighted by atomic mass is 10.1. The van der Waals surface area contributed by atoms with E-state index >= 15 is 0 Å². The van der Waals surface area contributed by atoms with Crippen LogP contribution in [0.2, 0.25) is 0 Å². The SMILES string of the molecule is O=C(NCCc1ccc(OC(F)(F)F)cc1)C1CNCCO1. The van der Waals surface area contributed by atoms with E-state index in [1.807, 2.05) is 0 Å². The van der Waals surface area contributed by atoms with Crippen molar-refractivity contribution in [2.45, 2.75) is 18.9 Å². The largest absolute Gasteiger partial charge is 0.573 e. The fourth-order valence-electron chi connectivity index (χ4n) is 2.04. The summed E-state index contributed by atoms with van der Waals surface area (Å²) in [4.78, 5) is 11.8. The molecule has 2 rings (SSSR count). The molecule has 0 spiro atoms. The molecule has 1 heterocycles. The molecule has 1 aromatic rings. The van der Waals surface area contributed by atoms with Gasteiger partial charge in [0.1, 0.15) is 11.9 Å². The Hall–Kier alpha value is -1.80. The average molecular weight is 318 g/mol. The van der Waals surface area contributed by atoms with Gasteiger partial charge in [-0.05, 0) is 24.1 Å². The number of amides is 1. The van der Waals surface area contributed by atoms with Crippen molar-refractivity contribution in [1.82, 2.24) is 10.6 Å². The van der Waals surface area contributed by atoms with Crippen LogP contribution in [-0.2, 0) is 16.0 Å². The first-order valence-electron chi connectivity index (χ1n) is 6.89. The highest BCUT2D eigenvalue weighted by molar-refractivity contribution is 5.81. The van der Waals surface area contributed by atoms with Crippen LogP contribution in [0.15, 0.2) is 24.3 Å². The smallest absolute Gasteiger partial charge is 0.406 e. The summed E-state index contributed by atoms with van der Waals surface area (Å²) in [5.41, 5.74) is 0.803. The number of halogens is 3. The van der Waals surface area contributed by atoms with Crippen molar-refractivity contribution in [2.75, 3.05) is 26.2 Å². The monoisotopic (exact) mass is 318 g/mol. The summed E-state index contributed by atoms with van der Waals surface area (Å²) in [6, 6.07) is 5.56. The Labute approximate surface area is 125 Å². The Kier molecular flexibility index (Phi) is 5.62. The maximum atomic E-state index is 12.0. The summed E-state index contributed by atoms with van der Waals surface area (Å²) < 4.78 is 45.2. The minimum absolute atomic E-state index is 0.191. The van der Waals surface area contributed by atoms with Gasteiger partial charge in [0.25, 0.3) is 0 Å². The van der Waals surface area contributed by atoms with Crippen molar-refractivity contribution in [2.24, 2.45) is 0 Å². The molecule has 5 nitrogen and oxygen atoms in total. The van der Waals surface area contributed by atoms with Gasteiger partial charge in [0, 0.05) is 19.6 Å². The quantitative estimate of drug-likeness (QED) is 0.857. The van der Waals surface area contributed by atoms with Crippen molar-refractivity contribution in [3.63, 3.8) is 0 Å². The molecule has 8 heteroatoms. The zero-order valence-corrected chi connectivity index (χ0v) is 11.8. The van der Waals surface area contributed by atoms with Crippen LogP contribution >= 0.6 is 0 Å². The molecular formula is C14H17F3N2O3. The molecule has 1 aromatic carbocycles. The van der Waals surface area contributed by atoms with Gasteiger partial charge in [-0.3, -0.25) is 4.79 Å². The Morgan fingerprint density at radius 1 is 1.36 bits per heavy atom.